The van der Waals surface area contributed by atoms with Crippen molar-refractivity contribution < 1.29 is 24.0 Å². The van der Waals surface area contributed by atoms with Crippen LogP contribution in [0.1, 0.15) is 48.5 Å². The van der Waals surface area contributed by atoms with Crippen LogP contribution < -0.4 is 21.4 Å². The zero-order valence-electron chi connectivity index (χ0n) is 19.3. The van der Waals surface area contributed by atoms with Crippen LogP contribution in [0, 0.1) is 5.92 Å². The minimum Gasteiger partial charge on any atom is -0.465 e. The lowest BCUT2D eigenvalue weighted by atomic mass is 10.1. The number of amides is 3. The molecule has 1 aromatic carbocycles. The standard InChI is InChI=1S/C24H31N5O5/c1-2-33-22(30)15-27-24(32)28-21-13-18(11-12-25-21)14-26-20-10-6-5-9-19(20)23(31)29-34-16-17-7-3-4-8-17/h5-6,9-13,17,26H,2-4,7-8,14-16H2,1H3,(H,29,31)(H2,25,27,28,32). The second kappa shape index (κ2) is 13.1. The van der Waals surface area contributed by atoms with Crippen molar-refractivity contribution in [2.75, 3.05) is 30.4 Å². The molecule has 0 saturated heterocycles. The number of aromatic nitrogens is 1. The van der Waals surface area contributed by atoms with Gasteiger partial charge in [-0.05, 0) is 55.5 Å². The summed E-state index contributed by atoms with van der Waals surface area (Å²) in [5.41, 5.74) is 4.51. The van der Waals surface area contributed by atoms with Crippen molar-refractivity contribution in [3.8, 4) is 0 Å². The van der Waals surface area contributed by atoms with Gasteiger partial charge in [0, 0.05) is 18.4 Å². The molecule has 10 heteroatoms. The minimum atomic E-state index is -0.565. The first-order chi connectivity index (χ1) is 16.5. The number of anilines is 2. The van der Waals surface area contributed by atoms with E-state index in [1.54, 1.807) is 37.4 Å². The minimum absolute atomic E-state index is 0.232. The number of hydroxylamine groups is 1. The third-order valence-corrected chi connectivity index (χ3v) is 5.38. The van der Waals surface area contributed by atoms with Crippen molar-refractivity contribution in [1.29, 1.82) is 0 Å². The van der Waals surface area contributed by atoms with Crippen LogP contribution in [-0.4, -0.2) is 42.7 Å². The average molecular weight is 470 g/mol. The monoisotopic (exact) mass is 469 g/mol. The zero-order valence-corrected chi connectivity index (χ0v) is 19.3. The van der Waals surface area contributed by atoms with Crippen molar-refractivity contribution in [2.45, 2.75) is 39.2 Å². The molecule has 1 fully saturated rings. The molecule has 0 spiro atoms. The molecular weight excluding hydrogens is 438 g/mol. The highest BCUT2D eigenvalue weighted by molar-refractivity contribution is 5.99. The third-order valence-electron chi connectivity index (χ3n) is 5.38. The van der Waals surface area contributed by atoms with Gasteiger partial charge in [0.15, 0.2) is 0 Å². The Kier molecular flexibility index (Phi) is 9.65. The maximum Gasteiger partial charge on any atom is 0.325 e. The lowest BCUT2D eigenvalue weighted by Crippen LogP contribution is -2.34. The van der Waals surface area contributed by atoms with E-state index in [4.69, 9.17) is 9.57 Å². The van der Waals surface area contributed by atoms with E-state index >= 15 is 0 Å². The highest BCUT2D eigenvalue weighted by Gasteiger charge is 2.17. The number of para-hydroxylation sites is 1. The van der Waals surface area contributed by atoms with Crippen LogP contribution in [0.3, 0.4) is 0 Å². The zero-order chi connectivity index (χ0) is 24.2. The third kappa shape index (κ3) is 8.04. The Balaban J connectivity index is 1.50. The van der Waals surface area contributed by atoms with Crippen molar-refractivity contribution in [2.24, 2.45) is 5.92 Å². The molecule has 1 aromatic heterocycles. The fourth-order valence-electron chi connectivity index (χ4n) is 3.67. The summed E-state index contributed by atoms with van der Waals surface area (Å²) < 4.78 is 4.77. The van der Waals surface area contributed by atoms with Crippen LogP contribution in [0.15, 0.2) is 42.6 Å². The van der Waals surface area contributed by atoms with Gasteiger partial charge in [0.05, 0.1) is 18.8 Å². The van der Waals surface area contributed by atoms with E-state index in [9.17, 15) is 14.4 Å². The van der Waals surface area contributed by atoms with Gasteiger partial charge in [-0.15, -0.1) is 0 Å². The Hall–Kier alpha value is -3.66. The van der Waals surface area contributed by atoms with E-state index < -0.39 is 12.0 Å². The molecule has 0 aliphatic heterocycles. The van der Waals surface area contributed by atoms with Gasteiger partial charge >= 0.3 is 12.0 Å². The second-order valence-electron chi connectivity index (χ2n) is 7.95. The first-order valence-electron chi connectivity index (χ1n) is 11.5. The van der Waals surface area contributed by atoms with E-state index in [1.165, 1.54) is 12.8 Å². The summed E-state index contributed by atoms with van der Waals surface area (Å²) in [4.78, 5) is 45.5. The van der Waals surface area contributed by atoms with Crippen LogP contribution in [0.2, 0.25) is 0 Å². The average Bonchev–Trinajstić information content (AvgIpc) is 3.36. The molecular formula is C24H31N5O5. The summed E-state index contributed by atoms with van der Waals surface area (Å²) in [6.45, 7) is 2.63. The Morgan fingerprint density at radius 2 is 1.91 bits per heavy atom. The van der Waals surface area contributed by atoms with Crippen LogP contribution in [0.5, 0.6) is 0 Å². The maximum atomic E-state index is 12.6. The predicted molar refractivity (Wildman–Crippen MR) is 127 cm³/mol. The molecule has 1 aliphatic rings. The fraction of sp³-hybridized carbons (Fsp3) is 0.417. The molecule has 3 rings (SSSR count). The summed E-state index contributed by atoms with van der Waals surface area (Å²) in [6.07, 6.45) is 6.29. The van der Waals surface area contributed by atoms with Gasteiger partial charge in [0.2, 0.25) is 0 Å². The summed E-state index contributed by atoms with van der Waals surface area (Å²) in [7, 11) is 0. The fourth-order valence-corrected chi connectivity index (χ4v) is 3.67. The Morgan fingerprint density at radius 1 is 1.12 bits per heavy atom. The first-order valence-corrected chi connectivity index (χ1v) is 11.5. The Morgan fingerprint density at radius 3 is 2.71 bits per heavy atom. The molecule has 182 valence electrons. The van der Waals surface area contributed by atoms with Crippen molar-refractivity contribution in [3.05, 3.63) is 53.7 Å². The van der Waals surface area contributed by atoms with Gasteiger partial charge < -0.3 is 15.4 Å². The number of esters is 1. The molecule has 0 bridgehead atoms. The van der Waals surface area contributed by atoms with Crippen LogP contribution in [-0.2, 0) is 20.9 Å². The smallest absolute Gasteiger partial charge is 0.325 e. The van der Waals surface area contributed by atoms with Gasteiger partial charge in [-0.1, -0.05) is 25.0 Å². The lowest BCUT2D eigenvalue weighted by Gasteiger charge is -2.14. The lowest BCUT2D eigenvalue weighted by molar-refractivity contribution is -0.141. The second-order valence-corrected chi connectivity index (χ2v) is 7.95. The molecule has 0 radical (unpaired) electrons. The number of nitrogens with one attached hydrogen (secondary N) is 4. The molecule has 0 atom stereocenters. The summed E-state index contributed by atoms with van der Waals surface area (Å²) in [5.74, 6) is 0.00839. The number of nitrogens with zero attached hydrogens (tertiary/aromatic N) is 1. The molecule has 10 nitrogen and oxygen atoms in total. The summed E-state index contributed by atoms with van der Waals surface area (Å²) in [5, 5.41) is 8.23. The van der Waals surface area contributed by atoms with Crippen LogP contribution in [0.4, 0.5) is 16.3 Å². The van der Waals surface area contributed by atoms with Gasteiger partial charge in [-0.2, -0.15) is 0 Å². The number of urea groups is 1. The van der Waals surface area contributed by atoms with E-state index in [0.717, 1.165) is 18.4 Å². The number of rotatable bonds is 11. The molecule has 1 heterocycles. The van der Waals surface area contributed by atoms with E-state index in [1.807, 2.05) is 12.1 Å². The Labute approximate surface area is 198 Å². The number of ether oxygens (including phenoxy) is 1. The number of pyridine rings is 1. The van der Waals surface area contributed by atoms with E-state index in [0.29, 0.717) is 36.1 Å². The van der Waals surface area contributed by atoms with Crippen molar-refractivity contribution >= 4 is 29.4 Å². The molecule has 0 unspecified atom stereocenters. The highest BCUT2D eigenvalue weighted by Crippen LogP contribution is 2.24. The largest absolute Gasteiger partial charge is 0.465 e. The molecule has 3 amide bonds. The molecule has 34 heavy (non-hydrogen) atoms. The first kappa shape index (κ1) is 25.0. The molecule has 4 N–H and O–H groups in total. The SMILES string of the molecule is CCOC(=O)CNC(=O)Nc1cc(CNc2ccccc2C(=O)NOCC2CCCC2)ccn1. The van der Waals surface area contributed by atoms with Crippen LogP contribution in [0.25, 0.3) is 0 Å². The number of carbonyl (C=O) groups excluding carboxylic acids is 3. The molecule has 2 aromatic rings. The number of benzene rings is 1. The highest BCUT2D eigenvalue weighted by atomic mass is 16.7. The maximum absolute atomic E-state index is 12.6. The van der Waals surface area contributed by atoms with Crippen molar-refractivity contribution in [3.63, 3.8) is 0 Å². The van der Waals surface area contributed by atoms with Gasteiger partial charge in [-0.25, -0.2) is 15.3 Å². The number of hydrogen-bond donors (Lipinski definition) is 4. The van der Waals surface area contributed by atoms with Gasteiger partial charge in [0.25, 0.3) is 5.91 Å². The molecule has 1 aliphatic carbocycles. The van der Waals surface area contributed by atoms with E-state index in [2.05, 4.69) is 26.4 Å². The number of carbonyl (C=O) groups is 3. The Bertz CT molecular complexity index is 978. The summed E-state index contributed by atoms with van der Waals surface area (Å²) >= 11 is 0. The molecule has 1 saturated carbocycles. The summed E-state index contributed by atoms with van der Waals surface area (Å²) in [6, 6.07) is 10.1. The number of hydrogen-bond acceptors (Lipinski definition) is 7. The quantitative estimate of drug-likeness (QED) is 0.294. The normalized spacial score (nSPS) is 13.2. The van der Waals surface area contributed by atoms with Crippen LogP contribution >= 0.6 is 0 Å². The van der Waals surface area contributed by atoms with E-state index in [-0.39, 0.29) is 19.1 Å². The topological polar surface area (TPSA) is 131 Å². The van der Waals surface area contributed by atoms with Gasteiger partial charge in [0.1, 0.15) is 12.4 Å². The predicted octanol–water partition coefficient (Wildman–Crippen LogP) is 3.23. The van der Waals surface area contributed by atoms with Crippen molar-refractivity contribution in [1.82, 2.24) is 15.8 Å². The van der Waals surface area contributed by atoms with Gasteiger partial charge in [-0.3, -0.25) is 19.7 Å².